The third kappa shape index (κ3) is 8.28. The van der Waals surface area contributed by atoms with Crippen LogP contribution in [0.2, 0.25) is 0 Å². The fourth-order valence-corrected chi connectivity index (χ4v) is 0.687. The summed E-state index contributed by atoms with van der Waals surface area (Å²) in [5.74, 6) is 0.167. The number of ketones is 1. The highest BCUT2D eigenvalue weighted by molar-refractivity contribution is 5.72. The van der Waals surface area contributed by atoms with E-state index in [0.717, 1.165) is 5.56 Å². The second-order valence-electron chi connectivity index (χ2n) is 2.73. The van der Waals surface area contributed by atoms with E-state index in [0.29, 0.717) is 6.42 Å². The number of hydrogen-bond acceptors (Lipinski definition) is 2. The third-order valence-electron chi connectivity index (χ3n) is 1.13. The van der Waals surface area contributed by atoms with Crippen molar-refractivity contribution in [1.82, 2.24) is 0 Å². The molecule has 0 unspecified atom stereocenters. The molecule has 0 spiro atoms. The maximum absolute atomic E-state index is 9.44. The lowest BCUT2D eigenvalue weighted by atomic mass is 10.2. The minimum atomic E-state index is 0.167. The fourth-order valence-electron chi connectivity index (χ4n) is 0.687. The van der Waals surface area contributed by atoms with Crippen LogP contribution in [0.25, 0.3) is 0 Å². The molecule has 0 aliphatic rings. The van der Waals surface area contributed by atoms with E-state index in [1.807, 2.05) is 30.3 Å². The topological polar surface area (TPSA) is 40.9 Å². The van der Waals surface area contributed by atoms with Gasteiger partial charge >= 0.3 is 0 Å². The molecule has 0 atom stereocenters. The van der Waals surface area contributed by atoms with E-state index in [1.165, 1.54) is 13.8 Å². The number of Topliss-reactive ketones (excluding diaryl/α,β-unsaturated/α-hetero) is 1. The van der Waals surface area contributed by atoms with Crippen LogP contribution >= 0.6 is 0 Å². The van der Waals surface area contributed by atoms with Gasteiger partial charge in [0.25, 0.3) is 0 Å². The molecule has 1 aromatic carbocycles. The van der Waals surface area contributed by atoms with E-state index in [-0.39, 0.29) is 5.78 Å². The summed E-state index contributed by atoms with van der Waals surface area (Å²) in [6, 6.07) is 11.8. The van der Waals surface area contributed by atoms with Crippen molar-refractivity contribution in [2.24, 2.45) is 0 Å². The summed E-state index contributed by atoms with van der Waals surface area (Å²) >= 11 is 0. The predicted molar refractivity (Wildman–Crippen MR) is 52.1 cm³/mol. The number of carbonyl (C=O) groups is 1. The Balaban J connectivity index is 0.000000310. The van der Waals surface area contributed by atoms with Gasteiger partial charge in [-0.1, -0.05) is 30.3 Å². The zero-order valence-corrected chi connectivity index (χ0v) is 7.95. The first-order chi connectivity index (χ1) is 6.16. The van der Waals surface area contributed by atoms with E-state index in [9.17, 15) is 4.79 Å². The number of benzene rings is 1. The van der Waals surface area contributed by atoms with Crippen molar-refractivity contribution in [3.63, 3.8) is 0 Å². The molecular weight excluding hydrogens is 162 g/mol. The maximum atomic E-state index is 9.44. The smallest absolute Gasteiger partial charge is 0.126 e. The molecule has 0 N–H and O–H groups in total. The first kappa shape index (κ1) is 11.4. The van der Waals surface area contributed by atoms with Crippen LogP contribution in [0.15, 0.2) is 30.3 Å². The fraction of sp³-hybridized carbons (Fsp3) is 0.273. The van der Waals surface area contributed by atoms with Gasteiger partial charge in [-0.3, -0.25) is 0 Å². The molecule has 0 heterocycles. The standard InChI is InChI=1S/C8H7N.C3H6O/c9-7-6-8-4-2-1-3-5-8;1-3(2)4/h1-5H,6H2;1-2H3. The Morgan fingerprint density at radius 3 is 2.15 bits per heavy atom. The number of hydrogen-bond donors (Lipinski definition) is 0. The van der Waals surface area contributed by atoms with E-state index < -0.39 is 0 Å². The summed E-state index contributed by atoms with van der Waals surface area (Å²) in [5, 5.41) is 8.27. The summed E-state index contributed by atoms with van der Waals surface area (Å²) in [4.78, 5) is 9.44. The molecule has 0 fully saturated rings. The Morgan fingerprint density at radius 2 is 1.77 bits per heavy atom. The minimum Gasteiger partial charge on any atom is -0.300 e. The third-order valence-corrected chi connectivity index (χ3v) is 1.13. The van der Waals surface area contributed by atoms with Gasteiger partial charge in [0, 0.05) is 0 Å². The Bertz CT molecular complexity index is 281. The van der Waals surface area contributed by atoms with Gasteiger partial charge in [0.2, 0.25) is 0 Å². The van der Waals surface area contributed by atoms with Crippen LogP contribution in [0.3, 0.4) is 0 Å². The van der Waals surface area contributed by atoms with Gasteiger partial charge in [-0.2, -0.15) is 5.26 Å². The molecule has 68 valence electrons. The second kappa shape index (κ2) is 7.05. The van der Waals surface area contributed by atoms with Crippen LogP contribution in [-0.4, -0.2) is 5.78 Å². The molecule has 0 aliphatic carbocycles. The summed E-state index contributed by atoms with van der Waals surface area (Å²) in [5.41, 5.74) is 1.08. The molecule has 0 amide bonds. The van der Waals surface area contributed by atoms with Gasteiger partial charge in [-0.25, -0.2) is 0 Å². The van der Waals surface area contributed by atoms with Crippen molar-refractivity contribution in [2.45, 2.75) is 20.3 Å². The molecule has 0 aliphatic heterocycles. The quantitative estimate of drug-likeness (QED) is 0.657. The van der Waals surface area contributed by atoms with Crippen LogP contribution in [0.5, 0.6) is 0 Å². The highest BCUT2D eigenvalue weighted by Gasteiger charge is 1.84. The maximum Gasteiger partial charge on any atom is 0.126 e. The molecule has 0 aromatic heterocycles. The highest BCUT2D eigenvalue weighted by atomic mass is 16.1. The summed E-state index contributed by atoms with van der Waals surface area (Å²) in [6.45, 7) is 3.06. The van der Waals surface area contributed by atoms with Crippen LogP contribution in [0.4, 0.5) is 0 Å². The Morgan fingerprint density at radius 1 is 1.31 bits per heavy atom. The van der Waals surface area contributed by atoms with Crippen LogP contribution in [0.1, 0.15) is 19.4 Å². The van der Waals surface area contributed by atoms with Crippen molar-refractivity contribution in [3.8, 4) is 6.07 Å². The van der Waals surface area contributed by atoms with Crippen molar-refractivity contribution in [1.29, 1.82) is 5.26 Å². The van der Waals surface area contributed by atoms with Gasteiger partial charge in [-0.15, -0.1) is 0 Å². The Hall–Kier alpha value is -1.62. The van der Waals surface area contributed by atoms with Crippen molar-refractivity contribution in [2.75, 3.05) is 0 Å². The lowest BCUT2D eigenvalue weighted by Crippen LogP contribution is -1.76. The molecular formula is C11H13NO. The molecule has 0 radical (unpaired) electrons. The lowest BCUT2D eigenvalue weighted by molar-refractivity contribution is -0.114. The van der Waals surface area contributed by atoms with Crippen molar-refractivity contribution >= 4 is 5.78 Å². The molecule has 0 saturated carbocycles. The Kier molecular flexibility index (Phi) is 6.17. The first-order valence-corrected chi connectivity index (χ1v) is 4.05. The van der Waals surface area contributed by atoms with Gasteiger partial charge in [-0.05, 0) is 19.4 Å². The first-order valence-electron chi connectivity index (χ1n) is 4.05. The predicted octanol–water partition coefficient (Wildman–Crippen LogP) is 2.35. The zero-order valence-electron chi connectivity index (χ0n) is 7.95. The molecule has 0 saturated heterocycles. The summed E-state index contributed by atoms with van der Waals surface area (Å²) in [7, 11) is 0. The lowest BCUT2D eigenvalue weighted by Gasteiger charge is -1.88. The summed E-state index contributed by atoms with van der Waals surface area (Å²) in [6.07, 6.45) is 0.515. The second-order valence-corrected chi connectivity index (χ2v) is 2.73. The van der Waals surface area contributed by atoms with Gasteiger partial charge in [0.15, 0.2) is 0 Å². The van der Waals surface area contributed by atoms with Crippen molar-refractivity contribution in [3.05, 3.63) is 35.9 Å². The Labute approximate surface area is 78.8 Å². The van der Waals surface area contributed by atoms with Crippen LogP contribution in [-0.2, 0) is 11.2 Å². The number of carbonyl (C=O) groups excluding carboxylic acids is 1. The SMILES string of the molecule is CC(C)=O.N#CCc1ccccc1. The van der Waals surface area contributed by atoms with E-state index in [1.54, 1.807) is 0 Å². The van der Waals surface area contributed by atoms with Gasteiger partial charge < -0.3 is 4.79 Å². The minimum absolute atomic E-state index is 0.167. The van der Waals surface area contributed by atoms with E-state index >= 15 is 0 Å². The van der Waals surface area contributed by atoms with Gasteiger partial charge in [0.05, 0.1) is 12.5 Å². The largest absolute Gasteiger partial charge is 0.300 e. The van der Waals surface area contributed by atoms with E-state index in [2.05, 4.69) is 6.07 Å². The van der Waals surface area contributed by atoms with E-state index in [4.69, 9.17) is 5.26 Å². The molecule has 0 bridgehead atoms. The average Bonchev–Trinajstić information content (AvgIpc) is 2.06. The number of rotatable bonds is 1. The summed E-state index contributed by atoms with van der Waals surface area (Å²) < 4.78 is 0. The van der Waals surface area contributed by atoms with Gasteiger partial charge in [0.1, 0.15) is 5.78 Å². The highest BCUT2D eigenvalue weighted by Crippen LogP contribution is 1.96. The van der Waals surface area contributed by atoms with Crippen LogP contribution in [0, 0.1) is 11.3 Å². The van der Waals surface area contributed by atoms with Crippen LogP contribution < -0.4 is 0 Å². The molecule has 1 aromatic rings. The van der Waals surface area contributed by atoms with Crippen molar-refractivity contribution < 1.29 is 4.79 Å². The molecule has 2 nitrogen and oxygen atoms in total. The number of nitrogens with zero attached hydrogens (tertiary/aromatic N) is 1. The number of nitriles is 1. The normalized spacial score (nSPS) is 7.77. The molecule has 13 heavy (non-hydrogen) atoms. The monoisotopic (exact) mass is 175 g/mol. The zero-order chi connectivity index (χ0) is 10.1. The average molecular weight is 175 g/mol. The molecule has 1 rings (SSSR count). The molecule has 2 heteroatoms.